The maximum Gasteiger partial charge on any atom is 0.306 e. The quantitative estimate of drug-likeness (QED) is 0.456. The van der Waals surface area contributed by atoms with Crippen LogP contribution in [0.5, 0.6) is 17.2 Å². The van der Waals surface area contributed by atoms with Gasteiger partial charge < -0.3 is 24.7 Å². The lowest BCUT2D eigenvalue weighted by Gasteiger charge is -2.15. The molecule has 0 amide bonds. The number of nitrogens with two attached hydrogens (primary N) is 1. The Hall–Kier alpha value is -3.51. The zero-order valence-electron chi connectivity index (χ0n) is 19.9. The van der Waals surface area contributed by atoms with Crippen LogP contribution in [0.25, 0.3) is 11.1 Å². The van der Waals surface area contributed by atoms with E-state index in [4.69, 9.17) is 24.7 Å². The van der Waals surface area contributed by atoms with Gasteiger partial charge in [0.05, 0.1) is 20.1 Å². The van der Waals surface area contributed by atoms with Crippen LogP contribution in [-0.4, -0.2) is 32.8 Å². The second-order valence-electron chi connectivity index (χ2n) is 8.55. The number of carbonyl (C=O) groups is 1. The van der Waals surface area contributed by atoms with Crippen molar-refractivity contribution in [3.63, 3.8) is 0 Å². The summed E-state index contributed by atoms with van der Waals surface area (Å²) in [4.78, 5) is 11.6. The van der Waals surface area contributed by atoms with Crippen LogP contribution in [0.2, 0.25) is 0 Å². The predicted molar refractivity (Wildman–Crippen MR) is 132 cm³/mol. The second kappa shape index (κ2) is 10.6. The van der Waals surface area contributed by atoms with Gasteiger partial charge in [0.25, 0.3) is 0 Å². The van der Waals surface area contributed by atoms with Crippen molar-refractivity contribution in [2.75, 3.05) is 26.9 Å². The van der Waals surface area contributed by atoms with Gasteiger partial charge in [0.1, 0.15) is 30.5 Å². The third kappa shape index (κ3) is 5.34. The van der Waals surface area contributed by atoms with E-state index < -0.39 is 0 Å². The first kappa shape index (κ1) is 23.6. The summed E-state index contributed by atoms with van der Waals surface area (Å²) < 4.78 is 22.3. The first-order valence-corrected chi connectivity index (χ1v) is 11.5. The number of fused-ring (bicyclic) bond motifs is 1. The summed E-state index contributed by atoms with van der Waals surface area (Å²) >= 11 is 0. The molecule has 1 aliphatic heterocycles. The molecule has 0 radical (unpaired) electrons. The fourth-order valence-electron chi connectivity index (χ4n) is 4.42. The maximum absolute atomic E-state index is 11.6. The Morgan fingerprint density at radius 3 is 2.56 bits per heavy atom. The highest BCUT2D eigenvalue weighted by molar-refractivity contribution is 5.72. The number of carbonyl (C=O) groups excluding carboxylic acids is 1. The molecular formula is C28H31NO5. The predicted octanol–water partition coefficient (Wildman–Crippen LogP) is 4.93. The largest absolute Gasteiger partial charge is 0.492 e. The molecule has 6 heteroatoms. The van der Waals surface area contributed by atoms with E-state index in [-0.39, 0.29) is 11.9 Å². The fraction of sp³-hybridized carbons (Fsp3) is 0.321. The van der Waals surface area contributed by atoms with E-state index in [2.05, 4.69) is 50.2 Å². The van der Waals surface area contributed by atoms with Crippen LogP contribution < -0.4 is 19.9 Å². The Balaban J connectivity index is 1.46. The summed E-state index contributed by atoms with van der Waals surface area (Å²) in [5, 5.41) is 0. The van der Waals surface area contributed by atoms with E-state index in [1.54, 1.807) is 0 Å². The molecule has 1 atom stereocenters. The Labute approximate surface area is 200 Å². The second-order valence-corrected chi connectivity index (χ2v) is 8.55. The van der Waals surface area contributed by atoms with Crippen molar-refractivity contribution in [2.45, 2.75) is 32.8 Å². The molecular weight excluding hydrogens is 430 g/mol. The summed E-state index contributed by atoms with van der Waals surface area (Å²) in [6, 6.07) is 18.3. The summed E-state index contributed by atoms with van der Waals surface area (Å²) in [6.45, 7) is 6.10. The lowest BCUT2D eigenvalue weighted by molar-refractivity contribution is -0.141. The van der Waals surface area contributed by atoms with E-state index in [9.17, 15) is 4.79 Å². The molecule has 0 fully saturated rings. The summed E-state index contributed by atoms with van der Waals surface area (Å²) in [5.41, 5.74) is 12.3. The molecule has 0 aromatic heterocycles. The monoisotopic (exact) mass is 461 g/mol. The number of hydrogen-bond acceptors (Lipinski definition) is 6. The Kier molecular flexibility index (Phi) is 7.38. The molecule has 0 saturated carbocycles. The number of ether oxygens (including phenoxy) is 4. The minimum Gasteiger partial charge on any atom is -0.492 e. The standard InChI is InChI=1S/C28H31NO5/c1-18-11-24(32-10-9-29)12-19(2)28(18)21-6-4-5-20(13-21)16-33-23-7-8-25-22(14-27(30)31-3)17-34-26(25)15-23/h4-8,11-13,15,22H,9-10,14,16-17,29H2,1-3H3. The fourth-order valence-corrected chi connectivity index (χ4v) is 4.42. The van der Waals surface area contributed by atoms with Crippen molar-refractivity contribution in [2.24, 2.45) is 5.73 Å². The summed E-state index contributed by atoms with van der Waals surface area (Å²) in [6.07, 6.45) is 0.315. The van der Waals surface area contributed by atoms with Crippen LogP contribution in [0.1, 0.15) is 34.6 Å². The van der Waals surface area contributed by atoms with E-state index in [1.807, 2.05) is 18.2 Å². The molecule has 3 aromatic carbocycles. The molecule has 178 valence electrons. The number of benzene rings is 3. The zero-order valence-corrected chi connectivity index (χ0v) is 19.9. The van der Waals surface area contributed by atoms with Crippen molar-refractivity contribution in [3.8, 4) is 28.4 Å². The highest BCUT2D eigenvalue weighted by atomic mass is 16.5. The molecule has 6 nitrogen and oxygen atoms in total. The lowest BCUT2D eigenvalue weighted by Crippen LogP contribution is -2.10. The van der Waals surface area contributed by atoms with Crippen molar-refractivity contribution in [1.82, 2.24) is 0 Å². The van der Waals surface area contributed by atoms with Crippen molar-refractivity contribution < 1.29 is 23.7 Å². The topological polar surface area (TPSA) is 80.0 Å². The Morgan fingerprint density at radius 1 is 1.03 bits per heavy atom. The minimum absolute atomic E-state index is 0.0201. The third-order valence-electron chi connectivity index (χ3n) is 6.02. The first-order valence-electron chi connectivity index (χ1n) is 11.5. The average Bonchev–Trinajstić information content (AvgIpc) is 3.23. The molecule has 0 aliphatic carbocycles. The highest BCUT2D eigenvalue weighted by Crippen LogP contribution is 2.38. The van der Waals surface area contributed by atoms with Crippen LogP contribution in [-0.2, 0) is 16.1 Å². The molecule has 0 spiro atoms. The molecule has 1 unspecified atom stereocenters. The van der Waals surface area contributed by atoms with Gasteiger partial charge in [-0.3, -0.25) is 4.79 Å². The number of methoxy groups -OCH3 is 1. The number of rotatable bonds is 9. The summed E-state index contributed by atoms with van der Waals surface area (Å²) in [7, 11) is 1.40. The van der Waals surface area contributed by atoms with Gasteiger partial charge in [-0.15, -0.1) is 0 Å². The van der Waals surface area contributed by atoms with E-state index in [0.717, 1.165) is 45.1 Å². The number of aryl methyl sites for hydroxylation is 2. The highest BCUT2D eigenvalue weighted by Gasteiger charge is 2.27. The van der Waals surface area contributed by atoms with Crippen molar-refractivity contribution >= 4 is 5.97 Å². The van der Waals surface area contributed by atoms with E-state index >= 15 is 0 Å². The maximum atomic E-state index is 11.6. The van der Waals surface area contributed by atoms with Crippen LogP contribution in [0.4, 0.5) is 0 Å². The van der Waals surface area contributed by atoms with Gasteiger partial charge in [-0.1, -0.05) is 24.3 Å². The van der Waals surface area contributed by atoms with E-state index in [1.165, 1.54) is 12.7 Å². The lowest BCUT2D eigenvalue weighted by atomic mass is 9.94. The Morgan fingerprint density at radius 2 is 1.82 bits per heavy atom. The van der Waals surface area contributed by atoms with Crippen LogP contribution in [0.3, 0.4) is 0 Å². The van der Waals surface area contributed by atoms with Gasteiger partial charge in [0, 0.05) is 24.1 Å². The SMILES string of the molecule is COC(=O)CC1COc2cc(OCc3cccc(-c4c(C)cc(OCCN)cc4C)c3)ccc21. The smallest absolute Gasteiger partial charge is 0.306 e. The Bertz CT molecular complexity index is 1150. The van der Waals surface area contributed by atoms with Gasteiger partial charge >= 0.3 is 5.97 Å². The molecule has 4 rings (SSSR count). The molecule has 1 aliphatic rings. The van der Waals surface area contributed by atoms with Gasteiger partial charge in [0.2, 0.25) is 0 Å². The van der Waals surface area contributed by atoms with Gasteiger partial charge in [-0.25, -0.2) is 0 Å². The molecule has 0 bridgehead atoms. The average molecular weight is 462 g/mol. The van der Waals surface area contributed by atoms with E-state index in [0.29, 0.717) is 32.8 Å². The number of esters is 1. The first-order chi connectivity index (χ1) is 16.5. The van der Waals surface area contributed by atoms with Crippen LogP contribution in [0, 0.1) is 13.8 Å². The molecule has 1 heterocycles. The molecule has 2 N–H and O–H groups in total. The summed E-state index contributed by atoms with van der Waals surface area (Å²) in [5.74, 6) is 2.13. The van der Waals surface area contributed by atoms with Crippen LogP contribution >= 0.6 is 0 Å². The molecule has 34 heavy (non-hydrogen) atoms. The van der Waals surface area contributed by atoms with Crippen molar-refractivity contribution in [1.29, 1.82) is 0 Å². The van der Waals surface area contributed by atoms with Crippen LogP contribution in [0.15, 0.2) is 54.6 Å². The van der Waals surface area contributed by atoms with Gasteiger partial charge in [-0.05, 0) is 65.9 Å². The normalized spacial score (nSPS) is 14.3. The van der Waals surface area contributed by atoms with Gasteiger partial charge in [0.15, 0.2) is 0 Å². The van der Waals surface area contributed by atoms with Gasteiger partial charge in [-0.2, -0.15) is 0 Å². The molecule has 0 saturated heterocycles. The zero-order chi connectivity index (χ0) is 24.1. The molecule has 3 aromatic rings. The minimum atomic E-state index is -0.232. The number of hydrogen-bond donors (Lipinski definition) is 1. The van der Waals surface area contributed by atoms with Crippen molar-refractivity contribution in [3.05, 3.63) is 76.9 Å². The third-order valence-corrected chi connectivity index (χ3v) is 6.02.